The zero-order valence-corrected chi connectivity index (χ0v) is 12.9. The molecule has 0 saturated carbocycles. The van der Waals surface area contributed by atoms with E-state index in [4.69, 9.17) is 15.2 Å². The van der Waals surface area contributed by atoms with Crippen LogP contribution >= 0.6 is 0 Å². The summed E-state index contributed by atoms with van der Waals surface area (Å²) in [5.41, 5.74) is 3.09. The number of aliphatic hydroxyl groups is 2. The Hall–Kier alpha value is -1.59. The van der Waals surface area contributed by atoms with E-state index in [1.165, 1.54) is 0 Å². The van der Waals surface area contributed by atoms with Gasteiger partial charge in [-0.15, -0.1) is 0 Å². The molecule has 1 aromatic heterocycles. The number of fused-ring (bicyclic) bond motifs is 1. The molecule has 0 unspecified atom stereocenters. The van der Waals surface area contributed by atoms with Crippen LogP contribution in [-0.2, 0) is 13.5 Å². The van der Waals surface area contributed by atoms with Crippen molar-refractivity contribution >= 4 is 16.7 Å². The number of nitrogens with zero attached hydrogens (tertiary/aromatic N) is 3. The second-order valence-electron chi connectivity index (χ2n) is 5.30. The molecule has 0 atom stereocenters. The number of rotatable bonds is 8. The van der Waals surface area contributed by atoms with E-state index in [1.807, 2.05) is 17.0 Å². The number of hydrogen-bond acceptors (Lipinski definition) is 4. The SMILES string of the molecule is CCCCc1nc2cc(N(CCO)CCO)ccc2n1C. The molecule has 0 spiro atoms. The molecule has 2 rings (SSSR count). The molecule has 0 aliphatic heterocycles. The van der Waals surface area contributed by atoms with Crippen LogP contribution in [-0.4, -0.2) is 46.1 Å². The van der Waals surface area contributed by atoms with Crippen LogP contribution < -0.4 is 4.90 Å². The van der Waals surface area contributed by atoms with Crippen LogP contribution in [0.5, 0.6) is 0 Å². The van der Waals surface area contributed by atoms with Gasteiger partial charge in [0.15, 0.2) is 0 Å². The van der Waals surface area contributed by atoms with Crippen molar-refractivity contribution in [1.29, 1.82) is 0 Å². The number of benzene rings is 1. The Morgan fingerprint density at radius 3 is 2.52 bits per heavy atom. The summed E-state index contributed by atoms with van der Waals surface area (Å²) in [6.07, 6.45) is 3.30. The topological polar surface area (TPSA) is 61.5 Å². The maximum atomic E-state index is 9.14. The number of aromatic nitrogens is 2. The van der Waals surface area contributed by atoms with Crippen molar-refractivity contribution in [3.8, 4) is 0 Å². The molecule has 1 aromatic carbocycles. The Labute approximate surface area is 125 Å². The molecule has 1 heterocycles. The van der Waals surface area contributed by atoms with Crippen molar-refractivity contribution in [3.05, 3.63) is 24.0 Å². The molecular weight excluding hydrogens is 266 g/mol. The van der Waals surface area contributed by atoms with Gasteiger partial charge in [-0.25, -0.2) is 4.98 Å². The molecule has 21 heavy (non-hydrogen) atoms. The highest BCUT2D eigenvalue weighted by molar-refractivity contribution is 5.80. The summed E-state index contributed by atoms with van der Waals surface area (Å²) >= 11 is 0. The van der Waals surface area contributed by atoms with Crippen LogP contribution in [0.2, 0.25) is 0 Å². The summed E-state index contributed by atoms with van der Waals surface area (Å²) in [5.74, 6) is 1.11. The van der Waals surface area contributed by atoms with Gasteiger partial charge in [0, 0.05) is 32.2 Å². The Kier molecular flexibility index (Phi) is 5.59. The lowest BCUT2D eigenvalue weighted by molar-refractivity contribution is 0.281. The minimum absolute atomic E-state index is 0.0714. The molecule has 0 radical (unpaired) electrons. The summed E-state index contributed by atoms with van der Waals surface area (Å²) < 4.78 is 2.15. The van der Waals surface area contributed by atoms with Crippen molar-refractivity contribution in [3.63, 3.8) is 0 Å². The number of anilines is 1. The summed E-state index contributed by atoms with van der Waals surface area (Å²) in [4.78, 5) is 6.70. The molecule has 2 N–H and O–H groups in total. The molecule has 5 nitrogen and oxygen atoms in total. The highest BCUT2D eigenvalue weighted by atomic mass is 16.3. The lowest BCUT2D eigenvalue weighted by atomic mass is 10.2. The summed E-state index contributed by atoms with van der Waals surface area (Å²) in [6.45, 7) is 3.36. The molecular formula is C16H25N3O2. The first-order valence-electron chi connectivity index (χ1n) is 7.63. The number of aryl methyl sites for hydroxylation is 2. The average molecular weight is 291 g/mol. The minimum atomic E-state index is 0.0714. The first kappa shape index (κ1) is 15.8. The molecule has 0 saturated heterocycles. The largest absolute Gasteiger partial charge is 0.395 e. The second-order valence-corrected chi connectivity index (χ2v) is 5.30. The third-order valence-electron chi connectivity index (χ3n) is 3.82. The van der Waals surface area contributed by atoms with E-state index in [9.17, 15) is 0 Å². The van der Waals surface area contributed by atoms with Gasteiger partial charge in [0.05, 0.1) is 24.2 Å². The highest BCUT2D eigenvalue weighted by Crippen LogP contribution is 2.23. The van der Waals surface area contributed by atoms with Crippen LogP contribution in [0.15, 0.2) is 18.2 Å². The fourth-order valence-corrected chi connectivity index (χ4v) is 2.60. The zero-order chi connectivity index (χ0) is 15.2. The predicted molar refractivity (Wildman–Crippen MR) is 85.7 cm³/mol. The Morgan fingerprint density at radius 2 is 1.90 bits per heavy atom. The van der Waals surface area contributed by atoms with Gasteiger partial charge in [-0.05, 0) is 24.6 Å². The van der Waals surface area contributed by atoms with Gasteiger partial charge in [-0.1, -0.05) is 13.3 Å². The van der Waals surface area contributed by atoms with Crippen LogP contribution in [0.25, 0.3) is 11.0 Å². The second kappa shape index (κ2) is 7.43. The summed E-state index contributed by atoms with van der Waals surface area (Å²) in [5, 5.41) is 18.3. The van der Waals surface area contributed by atoms with Crippen LogP contribution in [0, 0.1) is 0 Å². The lowest BCUT2D eigenvalue weighted by Gasteiger charge is -2.22. The number of unbranched alkanes of at least 4 members (excludes halogenated alkanes) is 1. The third kappa shape index (κ3) is 3.54. The van der Waals surface area contributed by atoms with E-state index in [0.29, 0.717) is 13.1 Å². The molecule has 0 amide bonds. The summed E-state index contributed by atoms with van der Waals surface area (Å²) in [6, 6.07) is 6.13. The molecule has 0 aliphatic carbocycles. The van der Waals surface area contributed by atoms with Gasteiger partial charge >= 0.3 is 0 Å². The molecule has 0 aliphatic rings. The van der Waals surface area contributed by atoms with E-state index >= 15 is 0 Å². The fourth-order valence-electron chi connectivity index (χ4n) is 2.60. The van der Waals surface area contributed by atoms with Crippen molar-refractivity contribution < 1.29 is 10.2 Å². The molecule has 116 valence electrons. The Morgan fingerprint density at radius 1 is 1.19 bits per heavy atom. The number of hydrogen-bond donors (Lipinski definition) is 2. The zero-order valence-electron chi connectivity index (χ0n) is 12.9. The molecule has 0 fully saturated rings. The first-order chi connectivity index (χ1) is 10.2. The van der Waals surface area contributed by atoms with Crippen molar-refractivity contribution in [2.45, 2.75) is 26.2 Å². The van der Waals surface area contributed by atoms with Gasteiger partial charge < -0.3 is 19.7 Å². The van der Waals surface area contributed by atoms with E-state index in [0.717, 1.165) is 41.8 Å². The third-order valence-corrected chi connectivity index (χ3v) is 3.82. The standard InChI is InChI=1S/C16H25N3O2/c1-3-4-5-16-17-14-12-13(6-7-15(14)18(16)2)19(8-10-20)9-11-21/h6-7,12,20-21H,3-5,8-11H2,1-2H3. The van der Waals surface area contributed by atoms with E-state index in [2.05, 4.69) is 24.6 Å². The lowest BCUT2D eigenvalue weighted by Crippen LogP contribution is -2.29. The monoisotopic (exact) mass is 291 g/mol. The average Bonchev–Trinajstić information content (AvgIpc) is 2.81. The van der Waals surface area contributed by atoms with Crippen molar-refractivity contribution in [2.24, 2.45) is 7.05 Å². The van der Waals surface area contributed by atoms with Gasteiger partial charge in [0.25, 0.3) is 0 Å². The smallest absolute Gasteiger partial charge is 0.109 e. The quantitative estimate of drug-likeness (QED) is 0.777. The van der Waals surface area contributed by atoms with E-state index in [-0.39, 0.29) is 13.2 Å². The van der Waals surface area contributed by atoms with E-state index in [1.54, 1.807) is 0 Å². The highest BCUT2D eigenvalue weighted by Gasteiger charge is 2.11. The van der Waals surface area contributed by atoms with E-state index < -0.39 is 0 Å². The maximum absolute atomic E-state index is 9.14. The first-order valence-corrected chi connectivity index (χ1v) is 7.63. The van der Waals surface area contributed by atoms with Gasteiger partial charge in [-0.2, -0.15) is 0 Å². The normalized spacial score (nSPS) is 11.2. The minimum Gasteiger partial charge on any atom is -0.395 e. The summed E-state index contributed by atoms with van der Waals surface area (Å²) in [7, 11) is 2.05. The van der Waals surface area contributed by atoms with Crippen LogP contribution in [0.4, 0.5) is 5.69 Å². The Balaban J connectivity index is 2.31. The maximum Gasteiger partial charge on any atom is 0.109 e. The predicted octanol–water partition coefficient (Wildman–Crippen LogP) is 1.71. The number of imidazole rings is 1. The Bertz CT molecular complexity index is 574. The van der Waals surface area contributed by atoms with Crippen molar-refractivity contribution in [1.82, 2.24) is 9.55 Å². The van der Waals surface area contributed by atoms with Gasteiger partial charge in [0.2, 0.25) is 0 Å². The van der Waals surface area contributed by atoms with Gasteiger partial charge in [-0.3, -0.25) is 0 Å². The molecule has 5 heteroatoms. The number of aliphatic hydroxyl groups excluding tert-OH is 2. The molecule has 0 bridgehead atoms. The van der Waals surface area contributed by atoms with Gasteiger partial charge in [0.1, 0.15) is 5.82 Å². The van der Waals surface area contributed by atoms with Crippen molar-refractivity contribution in [2.75, 3.05) is 31.2 Å². The molecule has 2 aromatic rings. The fraction of sp³-hybridized carbons (Fsp3) is 0.562. The van der Waals surface area contributed by atoms with Crippen LogP contribution in [0.3, 0.4) is 0 Å². The van der Waals surface area contributed by atoms with Crippen LogP contribution in [0.1, 0.15) is 25.6 Å².